The van der Waals surface area contributed by atoms with Gasteiger partial charge >= 0.3 is 5.97 Å². The molecule has 5 heteroatoms. The highest BCUT2D eigenvalue weighted by atomic mass is 16.5. The number of carboxylic acids is 1. The summed E-state index contributed by atoms with van der Waals surface area (Å²) in [6.45, 7) is 4.61. The number of hydrogen-bond donors (Lipinski definition) is 1. The maximum atomic E-state index is 12.2. The van der Waals surface area contributed by atoms with Crippen LogP contribution in [0, 0.1) is 28.6 Å². The monoisotopic (exact) mass is 363 g/mol. The first-order valence-electron chi connectivity index (χ1n) is 10.4. The van der Waals surface area contributed by atoms with Gasteiger partial charge in [-0.15, -0.1) is 0 Å². The zero-order valence-electron chi connectivity index (χ0n) is 16.4. The van der Waals surface area contributed by atoms with Gasteiger partial charge in [-0.3, -0.25) is 4.79 Å². The normalized spacial score (nSPS) is 47.9. The maximum absolute atomic E-state index is 12.2. The lowest BCUT2D eigenvalue weighted by Gasteiger charge is -2.61. The third-order valence-corrected chi connectivity index (χ3v) is 8.88. The van der Waals surface area contributed by atoms with Crippen LogP contribution in [0.3, 0.4) is 0 Å². The molecule has 26 heavy (non-hydrogen) atoms. The molecule has 0 aromatic rings. The van der Waals surface area contributed by atoms with Crippen molar-refractivity contribution in [2.24, 2.45) is 28.6 Å². The maximum Gasteiger partial charge on any atom is 0.329 e. The van der Waals surface area contributed by atoms with Gasteiger partial charge in [-0.1, -0.05) is 13.8 Å². The molecule has 0 aromatic heterocycles. The standard InChI is InChI=1S/C21H33NO4/c1-20-11-9-18(23)22(3)16(20)6-4-13-14-5-7-17(26-12-19(24)25)21(14,2)10-8-15(13)20/h13-17H,4-12H2,1-3H3,(H,24,25)/t13?,14?,15?,16-,17+,20-,21+/m1/s1. The number of amides is 1. The summed E-state index contributed by atoms with van der Waals surface area (Å²) in [5.74, 6) is 1.48. The number of carbonyl (C=O) groups excluding carboxylic acids is 1. The van der Waals surface area contributed by atoms with Gasteiger partial charge < -0.3 is 14.7 Å². The van der Waals surface area contributed by atoms with E-state index in [9.17, 15) is 9.59 Å². The van der Waals surface area contributed by atoms with Gasteiger partial charge in [0.25, 0.3) is 0 Å². The van der Waals surface area contributed by atoms with Gasteiger partial charge in [0.1, 0.15) is 6.61 Å². The molecule has 3 aliphatic carbocycles. The van der Waals surface area contributed by atoms with Gasteiger partial charge in [-0.05, 0) is 73.5 Å². The quantitative estimate of drug-likeness (QED) is 0.835. The number of ether oxygens (including phenoxy) is 1. The van der Waals surface area contributed by atoms with E-state index in [1.54, 1.807) is 0 Å². The molecule has 7 atom stereocenters. The van der Waals surface area contributed by atoms with Gasteiger partial charge in [0.2, 0.25) is 5.91 Å². The minimum atomic E-state index is -0.867. The second kappa shape index (κ2) is 6.22. The van der Waals surface area contributed by atoms with Crippen LogP contribution in [0.25, 0.3) is 0 Å². The number of fused-ring (bicyclic) bond motifs is 5. The van der Waals surface area contributed by atoms with Crippen molar-refractivity contribution in [3.8, 4) is 0 Å². The summed E-state index contributed by atoms with van der Waals surface area (Å²) in [6.07, 6.45) is 8.62. The first-order valence-corrected chi connectivity index (χ1v) is 10.4. The van der Waals surface area contributed by atoms with E-state index in [4.69, 9.17) is 9.84 Å². The highest BCUT2D eigenvalue weighted by molar-refractivity contribution is 5.77. The molecule has 1 heterocycles. The molecule has 1 N–H and O–H groups in total. The third kappa shape index (κ3) is 2.53. The summed E-state index contributed by atoms with van der Waals surface area (Å²) < 4.78 is 5.83. The predicted octanol–water partition coefficient (Wildman–Crippen LogP) is 3.32. The van der Waals surface area contributed by atoms with E-state index >= 15 is 0 Å². The summed E-state index contributed by atoms with van der Waals surface area (Å²) in [7, 11) is 2.00. The molecule has 4 fully saturated rings. The van der Waals surface area contributed by atoms with Crippen molar-refractivity contribution in [2.75, 3.05) is 13.7 Å². The molecule has 5 nitrogen and oxygen atoms in total. The van der Waals surface area contributed by atoms with Crippen molar-refractivity contribution < 1.29 is 19.4 Å². The molecule has 146 valence electrons. The summed E-state index contributed by atoms with van der Waals surface area (Å²) in [5, 5.41) is 8.99. The van der Waals surface area contributed by atoms with Crippen molar-refractivity contribution in [2.45, 2.75) is 77.4 Å². The fraction of sp³-hybridized carbons (Fsp3) is 0.905. The zero-order valence-corrected chi connectivity index (χ0v) is 16.4. The summed E-state index contributed by atoms with van der Waals surface area (Å²) in [4.78, 5) is 25.2. The molecule has 1 saturated heterocycles. The van der Waals surface area contributed by atoms with Crippen molar-refractivity contribution in [1.29, 1.82) is 0 Å². The van der Waals surface area contributed by atoms with Crippen LogP contribution in [-0.2, 0) is 14.3 Å². The molecule has 0 spiro atoms. The lowest BCUT2D eigenvalue weighted by Crippen LogP contribution is -2.61. The van der Waals surface area contributed by atoms with E-state index < -0.39 is 5.97 Å². The van der Waals surface area contributed by atoms with Crippen LogP contribution in [0.15, 0.2) is 0 Å². The third-order valence-electron chi connectivity index (χ3n) is 8.88. The Bertz CT molecular complexity index is 607. The molecule has 4 aliphatic rings. The average molecular weight is 363 g/mol. The topological polar surface area (TPSA) is 66.8 Å². The van der Waals surface area contributed by atoms with E-state index in [0.717, 1.165) is 32.1 Å². The van der Waals surface area contributed by atoms with Crippen molar-refractivity contribution in [3.63, 3.8) is 0 Å². The van der Waals surface area contributed by atoms with Gasteiger partial charge in [0.15, 0.2) is 0 Å². The Kier molecular flexibility index (Phi) is 4.37. The van der Waals surface area contributed by atoms with Gasteiger partial charge in [0, 0.05) is 19.5 Å². The molecular weight excluding hydrogens is 330 g/mol. The van der Waals surface area contributed by atoms with Crippen LogP contribution in [0.5, 0.6) is 0 Å². The van der Waals surface area contributed by atoms with Crippen molar-refractivity contribution in [3.05, 3.63) is 0 Å². The van der Waals surface area contributed by atoms with Crippen molar-refractivity contribution in [1.82, 2.24) is 4.90 Å². The fourth-order valence-corrected chi connectivity index (χ4v) is 7.55. The van der Waals surface area contributed by atoms with Gasteiger partial charge in [-0.2, -0.15) is 0 Å². The Morgan fingerprint density at radius 1 is 1.12 bits per heavy atom. The minimum absolute atomic E-state index is 0.0886. The molecule has 0 aromatic carbocycles. The Labute approximate surface area is 156 Å². The smallest absolute Gasteiger partial charge is 0.329 e. The Morgan fingerprint density at radius 3 is 2.58 bits per heavy atom. The number of nitrogens with zero attached hydrogens (tertiary/aromatic N) is 1. The number of likely N-dealkylation sites (tertiary alicyclic amines) is 1. The van der Waals surface area contributed by atoms with Crippen LogP contribution in [0.2, 0.25) is 0 Å². The molecule has 1 amide bonds. The molecular formula is C21H33NO4. The number of rotatable bonds is 3. The average Bonchev–Trinajstić information content (AvgIpc) is 2.93. The number of hydrogen-bond acceptors (Lipinski definition) is 3. The first-order chi connectivity index (χ1) is 12.3. The number of carbonyl (C=O) groups is 2. The van der Waals surface area contributed by atoms with Crippen molar-refractivity contribution >= 4 is 11.9 Å². The fourth-order valence-electron chi connectivity index (χ4n) is 7.55. The highest BCUT2D eigenvalue weighted by Crippen LogP contribution is 2.65. The van der Waals surface area contributed by atoms with Crippen LogP contribution in [-0.4, -0.2) is 47.7 Å². The van der Waals surface area contributed by atoms with Crippen LogP contribution in [0.1, 0.15) is 65.2 Å². The number of piperidine rings is 1. The Morgan fingerprint density at radius 2 is 1.85 bits per heavy atom. The largest absolute Gasteiger partial charge is 0.480 e. The summed E-state index contributed by atoms with van der Waals surface area (Å²) in [5.41, 5.74) is 0.364. The minimum Gasteiger partial charge on any atom is -0.480 e. The second-order valence-electron chi connectivity index (χ2n) is 9.80. The Balaban J connectivity index is 1.55. The molecule has 3 unspecified atom stereocenters. The van der Waals surface area contributed by atoms with E-state index in [2.05, 4.69) is 13.8 Å². The lowest BCUT2D eigenvalue weighted by molar-refractivity contribution is -0.165. The Hall–Kier alpha value is -1.10. The second-order valence-corrected chi connectivity index (χ2v) is 9.80. The molecule has 1 aliphatic heterocycles. The molecule has 0 radical (unpaired) electrons. The zero-order chi connectivity index (χ0) is 18.7. The van der Waals surface area contributed by atoms with E-state index in [-0.39, 0.29) is 23.5 Å². The molecule has 0 bridgehead atoms. The van der Waals surface area contributed by atoms with E-state index in [1.165, 1.54) is 12.8 Å². The number of carboxylic acid groups (broad SMARTS) is 1. The predicted molar refractivity (Wildman–Crippen MR) is 97.6 cm³/mol. The first kappa shape index (κ1) is 18.3. The van der Waals surface area contributed by atoms with Gasteiger partial charge in [0.05, 0.1) is 6.10 Å². The molecule has 4 rings (SSSR count). The lowest BCUT2D eigenvalue weighted by atomic mass is 9.47. The highest BCUT2D eigenvalue weighted by Gasteiger charge is 2.61. The summed E-state index contributed by atoms with van der Waals surface area (Å²) in [6, 6.07) is 0.398. The SMILES string of the molecule is CN1C(=O)CC[C@]2(C)C3CC[C@@]4(C)C(CC[C@@H]4OCC(=O)O)C3CC[C@@H]12. The van der Waals surface area contributed by atoms with E-state index in [0.29, 0.717) is 36.1 Å². The van der Waals surface area contributed by atoms with Crippen LogP contribution in [0.4, 0.5) is 0 Å². The van der Waals surface area contributed by atoms with E-state index in [1.807, 2.05) is 11.9 Å². The van der Waals surface area contributed by atoms with Crippen LogP contribution >= 0.6 is 0 Å². The van der Waals surface area contributed by atoms with Crippen LogP contribution < -0.4 is 0 Å². The number of aliphatic carboxylic acids is 1. The summed E-state index contributed by atoms with van der Waals surface area (Å²) >= 11 is 0. The molecule has 3 saturated carbocycles. The van der Waals surface area contributed by atoms with Gasteiger partial charge in [-0.25, -0.2) is 4.79 Å².